The molecule has 0 radical (unpaired) electrons. The lowest BCUT2D eigenvalue weighted by Crippen LogP contribution is -2.49. The first kappa shape index (κ1) is 23.1. The fraction of sp³-hybridized carbons (Fsp3) is 0.360. The molecule has 2 aromatic carbocycles. The summed E-state index contributed by atoms with van der Waals surface area (Å²) in [6.45, 7) is 1.42. The Bertz CT molecular complexity index is 1060. The number of nitrogens with one attached hydrogen (secondary N) is 2. The molecular weight excluding hydrogens is 445 g/mol. The highest BCUT2D eigenvalue weighted by Gasteiger charge is 2.42. The summed E-state index contributed by atoms with van der Waals surface area (Å²) in [6, 6.07) is 10.3. The molecule has 33 heavy (non-hydrogen) atoms. The number of hydrogen-bond donors (Lipinski definition) is 2. The number of halogens is 2. The Kier molecular flexibility index (Phi) is 6.88. The molecule has 174 valence electrons. The maximum absolute atomic E-state index is 13.2. The maximum atomic E-state index is 13.2. The average Bonchev–Trinajstić information content (AvgIpc) is 3.04. The summed E-state index contributed by atoms with van der Waals surface area (Å²) in [5.41, 5.74) is 2.05. The second-order valence-corrected chi connectivity index (χ2v) is 8.95. The van der Waals surface area contributed by atoms with Crippen LogP contribution in [0.1, 0.15) is 38.2 Å². The zero-order valence-corrected chi connectivity index (χ0v) is 19.4. The predicted molar refractivity (Wildman–Crippen MR) is 128 cm³/mol. The van der Waals surface area contributed by atoms with E-state index in [1.807, 2.05) is 4.90 Å². The molecule has 6 nitrogen and oxygen atoms in total. The molecule has 0 spiro atoms. The van der Waals surface area contributed by atoms with Gasteiger partial charge in [-0.15, -0.1) is 0 Å². The number of amides is 2. The van der Waals surface area contributed by atoms with Crippen molar-refractivity contribution in [3.63, 3.8) is 0 Å². The summed E-state index contributed by atoms with van der Waals surface area (Å²) in [4.78, 5) is 26.7. The molecule has 0 aromatic heterocycles. The van der Waals surface area contributed by atoms with E-state index in [-0.39, 0.29) is 35.8 Å². The number of fused-ring (bicyclic) bond motifs is 2. The van der Waals surface area contributed by atoms with Crippen LogP contribution in [0.5, 0.6) is 5.75 Å². The van der Waals surface area contributed by atoms with Gasteiger partial charge in [0.15, 0.2) is 0 Å². The highest BCUT2D eigenvalue weighted by molar-refractivity contribution is 6.32. The number of rotatable bonds is 6. The standard InChI is InChI=1S/C25H27ClFN3O3/c1-15(31)28-23-14-22(26)24(33-2)11-16(23)3-10-25(32)30-20-8-9-21(30)13-19(12-20)29-18-6-4-17(27)5-7-18/h3-7,10-11,14,19-21,29H,8-9,12-13H2,1-2H3,(H,28,31)/b10-3+/t19-,20+,21-. The largest absolute Gasteiger partial charge is 0.495 e. The number of piperidine rings is 1. The molecule has 2 aromatic rings. The second-order valence-electron chi connectivity index (χ2n) is 8.54. The number of nitrogens with zero attached hydrogens (tertiary/aromatic N) is 1. The monoisotopic (exact) mass is 471 g/mol. The van der Waals surface area contributed by atoms with Crippen molar-refractivity contribution in [3.05, 3.63) is 58.9 Å². The minimum atomic E-state index is -0.257. The molecule has 3 atom stereocenters. The fourth-order valence-electron chi connectivity index (χ4n) is 4.85. The Morgan fingerprint density at radius 2 is 1.82 bits per heavy atom. The van der Waals surface area contributed by atoms with Crippen molar-refractivity contribution in [2.75, 3.05) is 17.7 Å². The molecule has 2 fully saturated rings. The van der Waals surface area contributed by atoms with Gasteiger partial charge >= 0.3 is 0 Å². The summed E-state index contributed by atoms with van der Waals surface area (Å²) in [5.74, 6) is -0.0742. The van der Waals surface area contributed by atoms with E-state index in [2.05, 4.69) is 10.6 Å². The van der Waals surface area contributed by atoms with Crippen LogP contribution < -0.4 is 15.4 Å². The molecular formula is C25H27ClFN3O3. The third kappa shape index (κ3) is 5.30. The molecule has 4 rings (SSSR count). The summed E-state index contributed by atoms with van der Waals surface area (Å²) >= 11 is 6.20. The smallest absolute Gasteiger partial charge is 0.247 e. The van der Waals surface area contributed by atoms with Crippen LogP contribution in [0.2, 0.25) is 5.02 Å². The zero-order chi connectivity index (χ0) is 23.5. The van der Waals surface area contributed by atoms with E-state index in [0.717, 1.165) is 31.4 Å². The lowest BCUT2D eigenvalue weighted by atomic mass is 9.96. The van der Waals surface area contributed by atoms with Gasteiger partial charge in [0.05, 0.1) is 12.1 Å². The average molecular weight is 472 g/mol. The van der Waals surface area contributed by atoms with Crippen LogP contribution in [0, 0.1) is 5.82 Å². The zero-order valence-electron chi connectivity index (χ0n) is 18.6. The van der Waals surface area contributed by atoms with Crippen LogP contribution in [0.15, 0.2) is 42.5 Å². The number of ether oxygens (including phenoxy) is 1. The van der Waals surface area contributed by atoms with Gasteiger partial charge in [-0.2, -0.15) is 0 Å². The van der Waals surface area contributed by atoms with Crippen molar-refractivity contribution < 1.29 is 18.7 Å². The number of benzene rings is 2. The van der Waals surface area contributed by atoms with E-state index in [4.69, 9.17) is 16.3 Å². The number of anilines is 2. The number of methoxy groups -OCH3 is 1. The molecule has 0 unspecified atom stereocenters. The normalized spacial score (nSPS) is 21.8. The first-order valence-corrected chi connectivity index (χ1v) is 11.4. The highest BCUT2D eigenvalue weighted by Crippen LogP contribution is 2.37. The molecule has 0 saturated carbocycles. The van der Waals surface area contributed by atoms with Crippen LogP contribution in [-0.2, 0) is 9.59 Å². The van der Waals surface area contributed by atoms with Crippen molar-refractivity contribution in [1.29, 1.82) is 0 Å². The van der Waals surface area contributed by atoms with Crippen molar-refractivity contribution in [2.24, 2.45) is 0 Å². The Labute approximate surface area is 197 Å². The summed E-state index contributed by atoms with van der Waals surface area (Å²) in [6.07, 6.45) is 6.87. The summed E-state index contributed by atoms with van der Waals surface area (Å²) in [5, 5.41) is 6.60. The highest BCUT2D eigenvalue weighted by atomic mass is 35.5. The van der Waals surface area contributed by atoms with E-state index in [1.54, 1.807) is 36.4 Å². The van der Waals surface area contributed by atoms with E-state index in [1.165, 1.54) is 26.2 Å². The summed E-state index contributed by atoms with van der Waals surface area (Å²) < 4.78 is 18.4. The SMILES string of the molecule is COc1cc(/C=C/C(=O)N2[C@@H]3CC[C@H]2C[C@@H](Nc2ccc(F)cc2)C3)c(NC(C)=O)cc1Cl. The van der Waals surface area contributed by atoms with Gasteiger partial charge in [-0.05, 0) is 68.2 Å². The molecule has 2 saturated heterocycles. The van der Waals surface area contributed by atoms with Gasteiger partial charge in [0.2, 0.25) is 11.8 Å². The fourth-order valence-corrected chi connectivity index (χ4v) is 5.09. The lowest BCUT2D eigenvalue weighted by Gasteiger charge is -2.39. The molecule has 2 N–H and O–H groups in total. The second kappa shape index (κ2) is 9.83. The molecule has 8 heteroatoms. The predicted octanol–water partition coefficient (Wildman–Crippen LogP) is 5.09. The van der Waals surface area contributed by atoms with Crippen molar-refractivity contribution >= 4 is 40.9 Å². The van der Waals surface area contributed by atoms with Crippen molar-refractivity contribution in [2.45, 2.75) is 50.7 Å². The van der Waals surface area contributed by atoms with Crippen LogP contribution >= 0.6 is 11.6 Å². The molecule has 2 heterocycles. The van der Waals surface area contributed by atoms with Crippen molar-refractivity contribution in [3.8, 4) is 5.75 Å². The van der Waals surface area contributed by atoms with Gasteiger partial charge in [0, 0.05) is 48.1 Å². The molecule has 2 aliphatic heterocycles. The summed E-state index contributed by atoms with van der Waals surface area (Å²) in [7, 11) is 1.51. The van der Waals surface area contributed by atoms with Crippen molar-refractivity contribution in [1.82, 2.24) is 4.90 Å². The van der Waals surface area contributed by atoms with Crippen LogP contribution in [0.4, 0.5) is 15.8 Å². The Balaban J connectivity index is 1.46. The quantitative estimate of drug-likeness (QED) is 0.575. The van der Waals surface area contributed by atoms with E-state index >= 15 is 0 Å². The number of carbonyl (C=O) groups is 2. The van der Waals surface area contributed by atoms with Gasteiger partial charge in [-0.25, -0.2) is 4.39 Å². The molecule has 0 aliphatic carbocycles. The third-order valence-corrected chi connectivity index (χ3v) is 6.54. The Morgan fingerprint density at radius 3 is 2.42 bits per heavy atom. The minimum Gasteiger partial charge on any atom is -0.495 e. The van der Waals surface area contributed by atoms with E-state index < -0.39 is 0 Å². The van der Waals surface area contributed by atoms with Gasteiger partial charge in [-0.3, -0.25) is 9.59 Å². The van der Waals surface area contributed by atoms with Gasteiger partial charge in [0.25, 0.3) is 0 Å². The lowest BCUT2D eigenvalue weighted by molar-refractivity contribution is -0.130. The van der Waals surface area contributed by atoms with Crippen LogP contribution in [-0.4, -0.2) is 41.9 Å². The van der Waals surface area contributed by atoms with Gasteiger partial charge in [-0.1, -0.05) is 11.6 Å². The van der Waals surface area contributed by atoms with Crippen LogP contribution in [0.25, 0.3) is 6.08 Å². The van der Waals surface area contributed by atoms with Gasteiger partial charge in [0.1, 0.15) is 11.6 Å². The van der Waals surface area contributed by atoms with Gasteiger partial charge < -0.3 is 20.3 Å². The number of hydrogen-bond acceptors (Lipinski definition) is 4. The number of carbonyl (C=O) groups excluding carboxylic acids is 2. The van der Waals surface area contributed by atoms with Crippen LogP contribution in [0.3, 0.4) is 0 Å². The first-order chi connectivity index (χ1) is 15.8. The first-order valence-electron chi connectivity index (χ1n) is 11.0. The topological polar surface area (TPSA) is 70.7 Å². The molecule has 2 amide bonds. The molecule has 2 aliphatic rings. The third-order valence-electron chi connectivity index (χ3n) is 6.24. The Hall–Kier alpha value is -3.06. The minimum absolute atomic E-state index is 0.0505. The van der Waals surface area contributed by atoms with E-state index in [0.29, 0.717) is 22.0 Å². The molecule has 2 bridgehead atoms. The Morgan fingerprint density at radius 1 is 1.15 bits per heavy atom. The maximum Gasteiger partial charge on any atom is 0.247 e. The van der Waals surface area contributed by atoms with E-state index in [9.17, 15) is 14.0 Å².